The topological polar surface area (TPSA) is 46.6 Å². The molecule has 2 fully saturated rings. The molecule has 2 bridgehead atoms. The second-order valence-electron chi connectivity index (χ2n) is 8.00. The molecule has 0 aromatic rings. The lowest BCUT2D eigenvalue weighted by Crippen LogP contribution is -2.52. The Morgan fingerprint density at radius 1 is 1.38 bits per heavy atom. The van der Waals surface area contributed by atoms with Gasteiger partial charge in [-0.3, -0.25) is 0 Å². The molecule has 4 atom stereocenters. The number of aldehydes is 1. The van der Waals surface area contributed by atoms with E-state index in [4.69, 9.17) is 4.74 Å². The Morgan fingerprint density at radius 3 is 2.71 bits per heavy atom. The number of nitrogens with zero attached hydrogens (tertiary/aromatic N) is 1. The first-order valence-electron chi connectivity index (χ1n) is 8.20. The number of hydrogen-bond acceptors (Lipinski definition) is 3. The molecule has 1 aliphatic heterocycles. The van der Waals surface area contributed by atoms with E-state index in [-0.39, 0.29) is 18.1 Å². The maximum absolute atomic E-state index is 12.4. The predicted molar refractivity (Wildman–Crippen MR) is 86.1 cm³/mol. The first-order chi connectivity index (χ1) is 9.81. The summed E-state index contributed by atoms with van der Waals surface area (Å²) in [5.74, 6) is 0.988. The van der Waals surface area contributed by atoms with Gasteiger partial charge < -0.3 is 14.4 Å². The van der Waals surface area contributed by atoms with E-state index >= 15 is 0 Å². The van der Waals surface area contributed by atoms with Gasteiger partial charge in [0.15, 0.2) is 0 Å². The van der Waals surface area contributed by atoms with Crippen molar-refractivity contribution >= 4 is 20.5 Å². The van der Waals surface area contributed by atoms with Gasteiger partial charge in [-0.05, 0) is 37.1 Å². The third-order valence-corrected chi connectivity index (χ3v) is 6.65. The molecule has 1 saturated carbocycles. The Labute approximate surface area is 129 Å². The van der Waals surface area contributed by atoms with Crippen LogP contribution in [0.1, 0.15) is 26.2 Å². The Balaban J connectivity index is 1.98. The fraction of sp³-hybridized carbons (Fsp3) is 0.875. The largest absolute Gasteiger partial charge is 0.450 e. The highest BCUT2D eigenvalue weighted by Crippen LogP contribution is 2.42. The Bertz CT molecular complexity index is 393. The minimum atomic E-state index is -1.19. The van der Waals surface area contributed by atoms with E-state index in [1.807, 2.05) is 11.8 Å². The molecule has 5 heteroatoms. The second-order valence-corrected chi connectivity index (χ2v) is 13.6. The summed E-state index contributed by atoms with van der Waals surface area (Å²) >= 11 is 0. The van der Waals surface area contributed by atoms with Crippen molar-refractivity contribution in [3.8, 4) is 0 Å². The van der Waals surface area contributed by atoms with Gasteiger partial charge in [0.1, 0.15) is 6.29 Å². The molecule has 21 heavy (non-hydrogen) atoms. The third kappa shape index (κ3) is 4.08. The van der Waals surface area contributed by atoms with Crippen molar-refractivity contribution in [2.45, 2.75) is 57.9 Å². The molecule has 4 nitrogen and oxygen atoms in total. The van der Waals surface area contributed by atoms with Gasteiger partial charge in [-0.15, -0.1) is 0 Å². The van der Waals surface area contributed by atoms with Crippen molar-refractivity contribution in [3.05, 3.63) is 0 Å². The number of piperidine rings is 1. The molecule has 0 N–H and O–H groups in total. The highest BCUT2D eigenvalue weighted by Gasteiger charge is 2.45. The summed E-state index contributed by atoms with van der Waals surface area (Å²) in [7, 11) is -1.19. The molecule has 1 saturated heterocycles. The maximum atomic E-state index is 12.4. The smallest absolute Gasteiger partial charge is 0.410 e. The van der Waals surface area contributed by atoms with Gasteiger partial charge in [0, 0.05) is 26.6 Å². The molecule has 1 heterocycles. The summed E-state index contributed by atoms with van der Waals surface area (Å²) < 4.78 is 5.51. The van der Waals surface area contributed by atoms with Crippen molar-refractivity contribution in [3.63, 3.8) is 0 Å². The van der Waals surface area contributed by atoms with Crippen LogP contribution in [0.2, 0.25) is 25.7 Å². The van der Waals surface area contributed by atoms with Crippen LogP contribution in [0, 0.1) is 17.8 Å². The van der Waals surface area contributed by atoms with Crippen molar-refractivity contribution in [2.75, 3.05) is 13.2 Å². The van der Waals surface area contributed by atoms with Gasteiger partial charge in [0.25, 0.3) is 0 Å². The van der Waals surface area contributed by atoms with E-state index in [2.05, 4.69) is 19.6 Å². The number of rotatable bonds is 5. The van der Waals surface area contributed by atoms with Crippen LogP contribution >= 0.6 is 0 Å². The quantitative estimate of drug-likeness (QED) is 0.577. The van der Waals surface area contributed by atoms with Crippen molar-refractivity contribution in [2.24, 2.45) is 17.8 Å². The van der Waals surface area contributed by atoms with Gasteiger partial charge >= 0.3 is 6.09 Å². The lowest BCUT2D eigenvalue weighted by atomic mass is 9.84. The van der Waals surface area contributed by atoms with E-state index in [1.54, 1.807) is 0 Å². The predicted octanol–water partition coefficient (Wildman–Crippen LogP) is 3.40. The zero-order valence-electron chi connectivity index (χ0n) is 13.8. The fourth-order valence-electron chi connectivity index (χ4n) is 3.76. The van der Waals surface area contributed by atoms with Crippen LogP contribution in [-0.2, 0) is 9.53 Å². The highest BCUT2D eigenvalue weighted by molar-refractivity contribution is 6.76. The molecule has 1 aliphatic carbocycles. The molecule has 2 rings (SSSR count). The fourth-order valence-corrected chi connectivity index (χ4v) is 4.48. The van der Waals surface area contributed by atoms with Crippen molar-refractivity contribution in [1.29, 1.82) is 0 Å². The van der Waals surface area contributed by atoms with Crippen LogP contribution in [-0.4, -0.2) is 44.5 Å². The van der Waals surface area contributed by atoms with Crippen LogP contribution in [0.3, 0.4) is 0 Å². The van der Waals surface area contributed by atoms with Crippen molar-refractivity contribution < 1.29 is 14.3 Å². The van der Waals surface area contributed by atoms with E-state index in [1.165, 1.54) is 12.8 Å². The summed E-state index contributed by atoms with van der Waals surface area (Å²) in [5, 5.41) is 0. The Hall–Kier alpha value is -0.843. The SMILES string of the molecule is C[C@H](C=O)[C@H]1[C@@H]2CC[C@@H](C2)CN1C(=O)OCC[Si](C)(C)C. The van der Waals surface area contributed by atoms with Crippen LogP contribution in [0.15, 0.2) is 0 Å². The van der Waals surface area contributed by atoms with Gasteiger partial charge in [0.2, 0.25) is 0 Å². The van der Waals surface area contributed by atoms with Crippen LogP contribution < -0.4 is 0 Å². The molecular formula is C16H29NO3Si. The standard InChI is InChI=1S/C16H29NO3Si/c1-12(11-18)15-14-6-5-13(9-14)10-17(15)16(19)20-7-8-21(2,3)4/h11-15H,5-10H2,1-4H3/t12-,13+,14-,15+/m1/s1. The number of fused-ring (bicyclic) bond motifs is 2. The van der Waals surface area contributed by atoms with E-state index < -0.39 is 8.07 Å². The molecule has 2 aliphatic rings. The zero-order chi connectivity index (χ0) is 15.6. The average molecular weight is 311 g/mol. The highest BCUT2D eigenvalue weighted by atomic mass is 28.3. The first-order valence-corrected chi connectivity index (χ1v) is 11.9. The zero-order valence-corrected chi connectivity index (χ0v) is 14.8. The molecular weight excluding hydrogens is 282 g/mol. The number of hydrogen-bond donors (Lipinski definition) is 0. The summed E-state index contributed by atoms with van der Waals surface area (Å²) in [5.41, 5.74) is 0. The number of ether oxygens (including phenoxy) is 1. The summed E-state index contributed by atoms with van der Waals surface area (Å²) in [6.07, 6.45) is 4.29. The molecule has 0 unspecified atom stereocenters. The van der Waals surface area contributed by atoms with Gasteiger partial charge in [-0.2, -0.15) is 0 Å². The van der Waals surface area contributed by atoms with Gasteiger partial charge in [-0.25, -0.2) is 4.79 Å². The molecule has 0 spiro atoms. The summed E-state index contributed by atoms with van der Waals surface area (Å²) in [6, 6.07) is 1.04. The van der Waals surface area contributed by atoms with Gasteiger partial charge in [-0.1, -0.05) is 26.6 Å². The normalized spacial score (nSPS) is 30.1. The minimum Gasteiger partial charge on any atom is -0.450 e. The monoisotopic (exact) mass is 311 g/mol. The summed E-state index contributed by atoms with van der Waals surface area (Å²) in [4.78, 5) is 25.5. The Kier molecular flexibility index (Phi) is 5.12. The maximum Gasteiger partial charge on any atom is 0.410 e. The number of likely N-dealkylation sites (tertiary alicyclic amines) is 1. The van der Waals surface area contributed by atoms with E-state index in [0.717, 1.165) is 25.3 Å². The van der Waals surface area contributed by atoms with Crippen molar-refractivity contribution in [1.82, 2.24) is 4.90 Å². The van der Waals surface area contributed by atoms with E-state index in [0.29, 0.717) is 18.4 Å². The number of carbonyl (C=O) groups excluding carboxylic acids is 2. The molecule has 1 amide bonds. The van der Waals surface area contributed by atoms with Crippen LogP contribution in [0.4, 0.5) is 4.79 Å². The lowest BCUT2D eigenvalue weighted by molar-refractivity contribution is -0.113. The molecule has 120 valence electrons. The number of amides is 1. The van der Waals surface area contributed by atoms with Crippen LogP contribution in [0.5, 0.6) is 0 Å². The third-order valence-electron chi connectivity index (χ3n) is 4.95. The summed E-state index contributed by atoms with van der Waals surface area (Å²) in [6.45, 7) is 10.0. The van der Waals surface area contributed by atoms with Crippen LogP contribution in [0.25, 0.3) is 0 Å². The Morgan fingerprint density at radius 2 is 2.10 bits per heavy atom. The molecule has 0 aromatic carbocycles. The number of carbonyl (C=O) groups is 2. The minimum absolute atomic E-state index is 0.0423. The molecule has 0 radical (unpaired) electrons. The first kappa shape index (κ1) is 16.5. The van der Waals surface area contributed by atoms with E-state index in [9.17, 15) is 9.59 Å². The average Bonchev–Trinajstić information content (AvgIpc) is 2.78. The second kappa shape index (κ2) is 6.51. The van der Waals surface area contributed by atoms with Gasteiger partial charge in [0.05, 0.1) is 6.61 Å². The lowest BCUT2D eigenvalue weighted by Gasteiger charge is -2.41. The molecule has 0 aromatic heterocycles.